The second-order valence-corrected chi connectivity index (χ2v) is 7.09. The van der Waals surface area contributed by atoms with Crippen molar-refractivity contribution in [2.24, 2.45) is 0 Å². The molecule has 1 amide bonds. The molecule has 3 aromatic rings. The largest absolute Gasteiger partial charge is 0.372 e. The van der Waals surface area contributed by atoms with Gasteiger partial charge in [0.2, 0.25) is 5.82 Å². The van der Waals surface area contributed by atoms with Gasteiger partial charge in [0.25, 0.3) is 11.7 Å². The Kier molecular flexibility index (Phi) is 4.75. The first-order chi connectivity index (χ1) is 13.1. The van der Waals surface area contributed by atoms with Crippen LogP contribution in [0.1, 0.15) is 47.7 Å². The first-order valence-corrected chi connectivity index (χ1v) is 9.47. The number of aromatic nitrogens is 4. The monoisotopic (exact) mass is 364 g/mol. The second kappa shape index (κ2) is 7.34. The summed E-state index contributed by atoms with van der Waals surface area (Å²) in [5.74, 6) is 0.224. The summed E-state index contributed by atoms with van der Waals surface area (Å²) in [6.45, 7) is 6.01. The fraction of sp³-hybridized carbons (Fsp3) is 0.400. The molecular formula is C20H24N6O. The fourth-order valence-corrected chi connectivity index (χ4v) is 3.53. The highest BCUT2D eigenvalue weighted by Crippen LogP contribution is 2.21. The number of carbonyl (C=O) groups is 1. The lowest BCUT2D eigenvalue weighted by Gasteiger charge is -2.22. The zero-order valence-electron chi connectivity index (χ0n) is 15.8. The Hall–Kier alpha value is -2.96. The summed E-state index contributed by atoms with van der Waals surface area (Å²) in [5, 5.41) is 7.15. The van der Waals surface area contributed by atoms with Gasteiger partial charge in [0.1, 0.15) is 0 Å². The third-order valence-electron chi connectivity index (χ3n) is 4.92. The molecule has 1 aliphatic heterocycles. The van der Waals surface area contributed by atoms with Crippen LogP contribution >= 0.6 is 0 Å². The summed E-state index contributed by atoms with van der Waals surface area (Å²) in [6.07, 6.45) is 5.10. The third kappa shape index (κ3) is 3.77. The number of aryl methyl sites for hydroxylation is 2. The van der Waals surface area contributed by atoms with Gasteiger partial charge in [-0.1, -0.05) is 12.8 Å². The van der Waals surface area contributed by atoms with Crippen molar-refractivity contribution in [1.29, 1.82) is 0 Å². The highest BCUT2D eigenvalue weighted by Gasteiger charge is 2.16. The molecular weight excluding hydrogens is 340 g/mol. The van der Waals surface area contributed by atoms with Crippen LogP contribution < -0.4 is 10.2 Å². The van der Waals surface area contributed by atoms with E-state index in [1.54, 1.807) is 4.52 Å². The summed E-state index contributed by atoms with van der Waals surface area (Å²) in [6, 6.07) is 9.90. The molecule has 0 aliphatic carbocycles. The predicted molar refractivity (Wildman–Crippen MR) is 105 cm³/mol. The molecule has 3 heterocycles. The molecule has 1 saturated heterocycles. The number of amides is 1. The van der Waals surface area contributed by atoms with Crippen molar-refractivity contribution in [2.45, 2.75) is 39.5 Å². The molecule has 2 aromatic heterocycles. The van der Waals surface area contributed by atoms with Gasteiger partial charge in [-0.3, -0.25) is 4.79 Å². The Labute approximate surface area is 158 Å². The van der Waals surface area contributed by atoms with Crippen molar-refractivity contribution < 1.29 is 4.79 Å². The van der Waals surface area contributed by atoms with E-state index in [-0.39, 0.29) is 11.7 Å². The number of nitrogens with one attached hydrogen (secondary N) is 1. The summed E-state index contributed by atoms with van der Waals surface area (Å²) in [5.41, 5.74) is 3.68. The van der Waals surface area contributed by atoms with Crippen LogP contribution in [0, 0.1) is 13.8 Å². The van der Waals surface area contributed by atoms with Crippen molar-refractivity contribution in [3.8, 4) is 0 Å². The van der Waals surface area contributed by atoms with Crippen LogP contribution in [0.2, 0.25) is 0 Å². The van der Waals surface area contributed by atoms with Gasteiger partial charge >= 0.3 is 0 Å². The van der Waals surface area contributed by atoms with Crippen LogP contribution in [0.25, 0.3) is 5.78 Å². The van der Waals surface area contributed by atoms with E-state index >= 15 is 0 Å². The molecule has 4 rings (SSSR count). The maximum absolute atomic E-state index is 12.5. The number of rotatable bonds is 3. The maximum Gasteiger partial charge on any atom is 0.295 e. The third-order valence-corrected chi connectivity index (χ3v) is 4.92. The molecule has 1 aliphatic rings. The second-order valence-electron chi connectivity index (χ2n) is 7.09. The number of fused-ring (bicyclic) bond motifs is 1. The fourth-order valence-electron chi connectivity index (χ4n) is 3.53. The summed E-state index contributed by atoms with van der Waals surface area (Å²) in [7, 11) is 0. The van der Waals surface area contributed by atoms with E-state index in [0.29, 0.717) is 5.78 Å². The summed E-state index contributed by atoms with van der Waals surface area (Å²) >= 11 is 0. The lowest BCUT2D eigenvalue weighted by atomic mass is 10.2. The number of benzene rings is 1. The first-order valence-electron chi connectivity index (χ1n) is 9.47. The average Bonchev–Trinajstić information content (AvgIpc) is 2.90. The Balaban J connectivity index is 1.48. The molecule has 7 nitrogen and oxygen atoms in total. The van der Waals surface area contributed by atoms with Gasteiger partial charge in [-0.2, -0.15) is 4.98 Å². The minimum atomic E-state index is -0.333. The van der Waals surface area contributed by atoms with Gasteiger partial charge in [-0.05, 0) is 57.0 Å². The molecule has 0 saturated carbocycles. The smallest absolute Gasteiger partial charge is 0.295 e. The average molecular weight is 364 g/mol. The first kappa shape index (κ1) is 17.5. The van der Waals surface area contributed by atoms with Crippen LogP contribution in [0.3, 0.4) is 0 Å². The molecule has 7 heteroatoms. The minimum Gasteiger partial charge on any atom is -0.372 e. The Morgan fingerprint density at radius 3 is 2.41 bits per heavy atom. The van der Waals surface area contributed by atoms with Crippen molar-refractivity contribution in [2.75, 3.05) is 23.3 Å². The van der Waals surface area contributed by atoms with Crippen LogP contribution in [0.5, 0.6) is 0 Å². The lowest BCUT2D eigenvalue weighted by molar-refractivity contribution is 0.101. The quantitative estimate of drug-likeness (QED) is 0.771. The number of hydrogen-bond donors (Lipinski definition) is 1. The van der Waals surface area contributed by atoms with Crippen LogP contribution in [-0.2, 0) is 0 Å². The van der Waals surface area contributed by atoms with Gasteiger partial charge in [-0.25, -0.2) is 9.50 Å². The standard InChI is InChI=1S/C20H24N6O/c1-14-13-15(2)26-20(21-14)23-18(24-26)19(27)22-16-7-9-17(10-8-16)25-11-5-3-4-6-12-25/h7-10,13H,3-6,11-12H2,1-2H3,(H,22,27). The van der Waals surface area contributed by atoms with Crippen molar-refractivity contribution >= 4 is 23.1 Å². The molecule has 0 radical (unpaired) electrons. The van der Waals surface area contributed by atoms with Gasteiger partial charge < -0.3 is 10.2 Å². The molecule has 0 bridgehead atoms. The Morgan fingerprint density at radius 2 is 1.70 bits per heavy atom. The van der Waals surface area contributed by atoms with E-state index in [9.17, 15) is 4.79 Å². The molecule has 0 spiro atoms. The van der Waals surface area contributed by atoms with Crippen molar-refractivity contribution in [3.05, 3.63) is 47.5 Å². The van der Waals surface area contributed by atoms with Crippen molar-refractivity contribution in [3.63, 3.8) is 0 Å². The van der Waals surface area contributed by atoms with E-state index in [1.807, 2.05) is 32.0 Å². The highest BCUT2D eigenvalue weighted by molar-refractivity contribution is 6.01. The van der Waals surface area contributed by atoms with E-state index in [4.69, 9.17) is 0 Å². The number of anilines is 2. The van der Waals surface area contributed by atoms with Crippen LogP contribution in [0.4, 0.5) is 11.4 Å². The highest BCUT2D eigenvalue weighted by atomic mass is 16.2. The molecule has 1 aromatic carbocycles. The number of hydrogen-bond acceptors (Lipinski definition) is 5. The Morgan fingerprint density at radius 1 is 1.00 bits per heavy atom. The topological polar surface area (TPSA) is 75.4 Å². The number of nitrogens with zero attached hydrogens (tertiary/aromatic N) is 5. The molecule has 1 N–H and O–H groups in total. The minimum absolute atomic E-state index is 0.118. The number of carbonyl (C=O) groups excluding carboxylic acids is 1. The summed E-state index contributed by atoms with van der Waals surface area (Å²) in [4.78, 5) is 23.5. The van der Waals surface area contributed by atoms with Gasteiger partial charge in [-0.15, -0.1) is 5.10 Å². The molecule has 0 atom stereocenters. The van der Waals surface area contributed by atoms with E-state index in [1.165, 1.54) is 31.4 Å². The lowest BCUT2D eigenvalue weighted by Crippen LogP contribution is -2.23. The zero-order valence-corrected chi connectivity index (χ0v) is 15.8. The van der Waals surface area contributed by atoms with E-state index < -0.39 is 0 Å². The Bertz CT molecular complexity index is 955. The van der Waals surface area contributed by atoms with E-state index in [0.717, 1.165) is 30.2 Å². The molecule has 0 unspecified atom stereocenters. The normalized spacial score (nSPS) is 15.0. The van der Waals surface area contributed by atoms with Gasteiger partial charge in [0, 0.05) is 35.9 Å². The van der Waals surface area contributed by atoms with Crippen LogP contribution in [0.15, 0.2) is 30.3 Å². The molecule has 1 fully saturated rings. The maximum atomic E-state index is 12.5. The van der Waals surface area contributed by atoms with Gasteiger partial charge in [0.15, 0.2) is 0 Å². The molecule has 140 valence electrons. The zero-order chi connectivity index (χ0) is 18.8. The molecule has 27 heavy (non-hydrogen) atoms. The van der Waals surface area contributed by atoms with Gasteiger partial charge in [0.05, 0.1) is 0 Å². The van der Waals surface area contributed by atoms with Crippen molar-refractivity contribution in [1.82, 2.24) is 19.6 Å². The SMILES string of the molecule is Cc1cc(C)n2nc(C(=O)Nc3ccc(N4CCCCCC4)cc3)nc2n1. The van der Waals surface area contributed by atoms with E-state index in [2.05, 4.69) is 37.4 Å². The van der Waals surface area contributed by atoms with Crippen LogP contribution in [-0.4, -0.2) is 38.6 Å². The predicted octanol–water partition coefficient (Wildman–Crippen LogP) is 3.37. The summed E-state index contributed by atoms with van der Waals surface area (Å²) < 4.78 is 1.59.